The maximum absolute atomic E-state index is 12.3. The van der Waals surface area contributed by atoms with E-state index >= 15 is 0 Å². The maximum atomic E-state index is 12.3. The number of nitrogens with one attached hydrogen (secondary N) is 2. The lowest BCUT2D eigenvalue weighted by Crippen LogP contribution is -2.23. The van der Waals surface area contributed by atoms with Crippen molar-refractivity contribution in [3.8, 4) is 11.5 Å². The maximum Gasteiger partial charge on any atom is 0.266 e. The van der Waals surface area contributed by atoms with E-state index < -0.39 is 17.2 Å². The highest BCUT2D eigenvalue weighted by molar-refractivity contribution is 6.08. The third kappa shape index (κ3) is 2.71. The van der Waals surface area contributed by atoms with Crippen molar-refractivity contribution in [2.75, 3.05) is 12.4 Å². The number of rotatable bonds is 3. The number of hydrogen-bond acceptors (Lipinski definition) is 5. The summed E-state index contributed by atoms with van der Waals surface area (Å²) in [5, 5.41) is 13.1. The molecule has 0 aliphatic rings. The number of hydrogen-bond donors (Lipinski definition) is 3. The van der Waals surface area contributed by atoms with E-state index in [1.54, 1.807) is 36.4 Å². The van der Waals surface area contributed by atoms with Crippen LogP contribution in [0.1, 0.15) is 10.4 Å². The van der Waals surface area contributed by atoms with E-state index in [4.69, 9.17) is 4.74 Å². The van der Waals surface area contributed by atoms with Crippen molar-refractivity contribution in [2.45, 2.75) is 0 Å². The number of ether oxygens (including phenoxy) is 1. The molecule has 2 aromatic heterocycles. The lowest BCUT2D eigenvalue weighted by Gasteiger charge is -2.08. The summed E-state index contributed by atoms with van der Waals surface area (Å²) in [5.41, 5.74) is -0.377. The zero-order valence-electron chi connectivity index (χ0n) is 12.2. The van der Waals surface area contributed by atoms with Crippen molar-refractivity contribution in [3.63, 3.8) is 0 Å². The fourth-order valence-electron chi connectivity index (χ4n) is 2.19. The van der Waals surface area contributed by atoms with Gasteiger partial charge in [0, 0.05) is 11.9 Å². The van der Waals surface area contributed by atoms with Gasteiger partial charge in [-0.15, -0.1) is 0 Å². The van der Waals surface area contributed by atoms with Gasteiger partial charge in [0.05, 0.1) is 12.5 Å². The molecule has 23 heavy (non-hydrogen) atoms. The summed E-state index contributed by atoms with van der Waals surface area (Å²) in [6, 6.07) is 9.77. The minimum Gasteiger partial charge on any atom is -0.506 e. The van der Waals surface area contributed by atoms with Crippen molar-refractivity contribution < 1.29 is 14.6 Å². The van der Waals surface area contributed by atoms with Crippen LogP contribution in [0.4, 0.5) is 5.69 Å². The first-order valence-electron chi connectivity index (χ1n) is 6.75. The number of anilines is 1. The minimum absolute atomic E-state index is 0.219. The topological polar surface area (TPSA) is 104 Å². The molecule has 3 N–H and O–H groups in total. The van der Waals surface area contributed by atoms with Crippen LogP contribution in [-0.4, -0.2) is 28.1 Å². The molecule has 0 aliphatic heterocycles. The van der Waals surface area contributed by atoms with Gasteiger partial charge < -0.3 is 20.1 Å². The Hall–Kier alpha value is -3.35. The lowest BCUT2D eigenvalue weighted by molar-refractivity contribution is 0.102. The van der Waals surface area contributed by atoms with E-state index in [1.165, 1.54) is 13.3 Å². The van der Waals surface area contributed by atoms with Crippen molar-refractivity contribution in [1.29, 1.82) is 0 Å². The third-order valence-corrected chi connectivity index (χ3v) is 3.33. The molecule has 0 fully saturated rings. The summed E-state index contributed by atoms with van der Waals surface area (Å²) < 4.78 is 5.03. The number of methoxy groups -OCH3 is 1. The minimum atomic E-state index is -0.709. The van der Waals surface area contributed by atoms with E-state index in [1.807, 2.05) is 0 Å². The summed E-state index contributed by atoms with van der Waals surface area (Å²) in [6.07, 6.45) is 1.48. The van der Waals surface area contributed by atoms with Crippen molar-refractivity contribution in [2.24, 2.45) is 0 Å². The number of pyridine rings is 2. The monoisotopic (exact) mass is 311 g/mol. The van der Waals surface area contributed by atoms with Gasteiger partial charge in [0.2, 0.25) is 0 Å². The molecule has 0 saturated carbocycles. The number of aromatic hydroxyl groups is 1. The number of benzene rings is 1. The van der Waals surface area contributed by atoms with Crippen LogP contribution in [0.2, 0.25) is 0 Å². The number of carbonyl (C=O) groups is 1. The molecule has 0 saturated heterocycles. The van der Waals surface area contributed by atoms with Crippen LogP contribution in [0.5, 0.6) is 11.5 Å². The molecule has 0 radical (unpaired) electrons. The first-order chi connectivity index (χ1) is 11.1. The second-order valence-corrected chi connectivity index (χ2v) is 4.76. The number of aromatic amines is 1. The van der Waals surface area contributed by atoms with Crippen molar-refractivity contribution in [3.05, 3.63) is 58.5 Å². The summed E-state index contributed by atoms with van der Waals surface area (Å²) in [7, 11) is 1.54. The second kappa shape index (κ2) is 5.80. The summed E-state index contributed by atoms with van der Waals surface area (Å²) >= 11 is 0. The number of fused-ring (bicyclic) bond motifs is 1. The first kappa shape index (κ1) is 14.6. The molecule has 3 aromatic rings. The normalized spacial score (nSPS) is 10.5. The smallest absolute Gasteiger partial charge is 0.266 e. The SMILES string of the molecule is COc1ccc(NC(=O)c2c(O)c3cccnc3[nH]c2=O)cc1. The average molecular weight is 311 g/mol. The van der Waals surface area contributed by atoms with Crippen LogP contribution >= 0.6 is 0 Å². The Morgan fingerprint density at radius 3 is 2.70 bits per heavy atom. The van der Waals surface area contributed by atoms with Crippen LogP contribution in [0.3, 0.4) is 0 Å². The Morgan fingerprint density at radius 1 is 1.26 bits per heavy atom. The number of carbonyl (C=O) groups excluding carboxylic acids is 1. The zero-order valence-corrected chi connectivity index (χ0v) is 12.2. The molecule has 0 bridgehead atoms. The van der Waals surface area contributed by atoms with Gasteiger partial charge in [-0.25, -0.2) is 4.98 Å². The summed E-state index contributed by atoms with van der Waals surface area (Å²) in [4.78, 5) is 30.8. The molecule has 0 atom stereocenters. The number of amides is 1. The lowest BCUT2D eigenvalue weighted by atomic mass is 10.1. The summed E-state index contributed by atoms with van der Waals surface area (Å²) in [6.45, 7) is 0. The Labute approximate surface area is 130 Å². The average Bonchev–Trinajstić information content (AvgIpc) is 2.55. The van der Waals surface area contributed by atoms with Crippen LogP contribution < -0.4 is 15.6 Å². The van der Waals surface area contributed by atoms with Gasteiger partial charge in [0.1, 0.15) is 22.7 Å². The van der Waals surface area contributed by atoms with E-state index in [2.05, 4.69) is 15.3 Å². The standard InChI is InChI=1S/C16H13N3O4/c1-23-10-6-4-9(5-7-10)18-15(21)12-13(20)11-3-2-8-17-14(11)19-16(12)22/h2-8H,1H3,(H,18,21)(H2,17,19,20,22). The number of aromatic nitrogens is 2. The van der Waals surface area contributed by atoms with E-state index in [9.17, 15) is 14.7 Å². The summed E-state index contributed by atoms with van der Waals surface area (Å²) in [5.74, 6) is -0.469. The largest absolute Gasteiger partial charge is 0.506 e. The Morgan fingerprint density at radius 2 is 2.00 bits per heavy atom. The van der Waals surface area contributed by atoms with Crippen molar-refractivity contribution in [1.82, 2.24) is 9.97 Å². The first-order valence-corrected chi connectivity index (χ1v) is 6.75. The molecule has 0 aliphatic carbocycles. The molecule has 116 valence electrons. The highest BCUT2D eigenvalue weighted by atomic mass is 16.5. The van der Waals surface area contributed by atoms with E-state index in [0.717, 1.165) is 0 Å². The molecular weight excluding hydrogens is 298 g/mol. The van der Waals surface area contributed by atoms with Crippen LogP contribution in [0.15, 0.2) is 47.4 Å². The van der Waals surface area contributed by atoms with Gasteiger partial charge >= 0.3 is 0 Å². The molecule has 0 spiro atoms. The predicted octanol–water partition coefficient (Wildman–Crippen LogP) is 1.89. The molecule has 1 amide bonds. The Balaban J connectivity index is 1.98. The van der Waals surface area contributed by atoms with Gasteiger partial charge in [-0.3, -0.25) is 9.59 Å². The van der Waals surface area contributed by atoms with E-state index in [0.29, 0.717) is 16.8 Å². The van der Waals surface area contributed by atoms with Gasteiger partial charge in [-0.05, 0) is 36.4 Å². The third-order valence-electron chi connectivity index (χ3n) is 3.33. The van der Waals surface area contributed by atoms with Crippen LogP contribution in [0, 0.1) is 0 Å². The number of nitrogens with zero attached hydrogens (tertiary/aromatic N) is 1. The molecule has 2 heterocycles. The van der Waals surface area contributed by atoms with Crippen molar-refractivity contribution >= 4 is 22.6 Å². The second-order valence-electron chi connectivity index (χ2n) is 4.76. The Bertz CT molecular complexity index is 932. The molecule has 1 aromatic carbocycles. The number of H-pyrrole nitrogens is 1. The molecule has 3 rings (SSSR count). The molecular formula is C16H13N3O4. The molecule has 0 unspecified atom stereocenters. The zero-order chi connectivity index (χ0) is 16.4. The van der Waals surface area contributed by atoms with E-state index in [-0.39, 0.29) is 11.2 Å². The van der Waals surface area contributed by atoms with Crippen LogP contribution in [-0.2, 0) is 0 Å². The highest BCUT2D eigenvalue weighted by Crippen LogP contribution is 2.24. The van der Waals surface area contributed by atoms with Gasteiger partial charge in [-0.1, -0.05) is 0 Å². The van der Waals surface area contributed by atoms with Gasteiger partial charge in [-0.2, -0.15) is 0 Å². The fourth-order valence-corrected chi connectivity index (χ4v) is 2.19. The highest BCUT2D eigenvalue weighted by Gasteiger charge is 2.19. The molecule has 7 heteroatoms. The fraction of sp³-hybridized carbons (Fsp3) is 0.0625. The van der Waals surface area contributed by atoms with Crippen LogP contribution in [0.25, 0.3) is 11.0 Å². The quantitative estimate of drug-likeness (QED) is 0.685. The predicted molar refractivity (Wildman–Crippen MR) is 85.0 cm³/mol. The van der Waals surface area contributed by atoms with Gasteiger partial charge in [0.25, 0.3) is 11.5 Å². The van der Waals surface area contributed by atoms with Gasteiger partial charge in [0.15, 0.2) is 0 Å². The Kier molecular flexibility index (Phi) is 3.68. The molecule has 7 nitrogen and oxygen atoms in total.